The van der Waals surface area contributed by atoms with Gasteiger partial charge in [0.05, 0.1) is 11.2 Å². The summed E-state index contributed by atoms with van der Waals surface area (Å²) >= 11 is 0. The zero-order valence-electron chi connectivity index (χ0n) is 25.1. The molecule has 5 fully saturated rings. The number of rotatable bonds is 8. The van der Waals surface area contributed by atoms with Crippen LogP contribution in [0.3, 0.4) is 0 Å². The molecule has 3 saturated heterocycles. The number of likely N-dealkylation sites (tertiary alicyclic amines) is 1. The minimum absolute atomic E-state index is 0.157. The van der Waals surface area contributed by atoms with Gasteiger partial charge in [0.1, 0.15) is 30.8 Å². The highest BCUT2D eigenvalue weighted by Crippen LogP contribution is 2.50. The van der Waals surface area contributed by atoms with Crippen LogP contribution < -0.4 is 15.0 Å². The van der Waals surface area contributed by atoms with Gasteiger partial charge in [-0.25, -0.2) is 24.1 Å². The maximum Gasteiger partial charge on any atom is 0.407 e. The molecule has 5 aliphatic rings. The largest absolute Gasteiger partial charge is 0.447 e. The summed E-state index contributed by atoms with van der Waals surface area (Å²) in [4.78, 5) is 29.9. The molecule has 11 nitrogen and oxygen atoms in total. The van der Waals surface area contributed by atoms with Crippen LogP contribution in [0.15, 0.2) is 37.1 Å². The van der Waals surface area contributed by atoms with Gasteiger partial charge in [0, 0.05) is 60.9 Å². The highest BCUT2D eigenvalue weighted by Gasteiger charge is 2.57. The lowest BCUT2D eigenvalue weighted by atomic mass is 9.62. The second kappa shape index (κ2) is 10.3. The minimum atomic E-state index is -0.357. The summed E-state index contributed by atoms with van der Waals surface area (Å²) < 4.78 is 26.1. The average Bonchev–Trinajstić information content (AvgIpc) is 3.61. The normalized spacial score (nSPS) is 26.4. The van der Waals surface area contributed by atoms with Gasteiger partial charge in [-0.2, -0.15) is 0 Å². The molecule has 1 amide bonds. The zero-order chi connectivity index (χ0) is 30.1. The first-order valence-electron chi connectivity index (χ1n) is 15.7. The van der Waals surface area contributed by atoms with Crippen molar-refractivity contribution in [2.45, 2.75) is 63.5 Å². The van der Waals surface area contributed by atoms with E-state index in [-0.39, 0.29) is 22.9 Å². The fourth-order valence-electron chi connectivity index (χ4n) is 8.24. The van der Waals surface area contributed by atoms with Gasteiger partial charge in [0.15, 0.2) is 5.82 Å². The third-order valence-corrected chi connectivity index (χ3v) is 10.3. The number of alkyl carbamates (subject to hydrolysis) is 1. The molecule has 0 bridgehead atoms. The van der Waals surface area contributed by atoms with E-state index in [1.54, 1.807) is 18.6 Å². The van der Waals surface area contributed by atoms with Gasteiger partial charge in [-0.1, -0.05) is 13.8 Å². The van der Waals surface area contributed by atoms with Crippen molar-refractivity contribution < 1.29 is 18.7 Å². The number of halogens is 1. The van der Waals surface area contributed by atoms with Crippen molar-refractivity contribution in [2.24, 2.45) is 17.3 Å². The van der Waals surface area contributed by atoms with Crippen LogP contribution in [-0.2, 0) is 4.74 Å². The van der Waals surface area contributed by atoms with Crippen LogP contribution in [-0.4, -0.2) is 80.5 Å². The molecule has 2 saturated carbocycles. The number of carbonyl (C=O) groups is 1. The van der Waals surface area contributed by atoms with Gasteiger partial charge in [0.25, 0.3) is 5.88 Å². The Morgan fingerprint density at radius 3 is 2.70 bits per heavy atom. The van der Waals surface area contributed by atoms with E-state index in [9.17, 15) is 9.18 Å². The number of nitrogens with one attached hydrogen (secondary N) is 1. The van der Waals surface area contributed by atoms with E-state index in [4.69, 9.17) is 9.47 Å². The van der Waals surface area contributed by atoms with Crippen molar-refractivity contribution >= 4 is 11.9 Å². The predicted octanol–water partition coefficient (Wildman–Crippen LogP) is 4.56. The summed E-state index contributed by atoms with van der Waals surface area (Å²) in [6, 6.07) is 4.97. The smallest absolute Gasteiger partial charge is 0.407 e. The van der Waals surface area contributed by atoms with Gasteiger partial charge in [-0.3, -0.25) is 4.90 Å². The summed E-state index contributed by atoms with van der Waals surface area (Å²) in [5.74, 6) is 2.51. The molecule has 1 aromatic carbocycles. The number of hydrogen-bond acceptors (Lipinski definition) is 10. The molecule has 12 heteroatoms. The Morgan fingerprint density at radius 1 is 1.11 bits per heavy atom. The Hall–Kier alpha value is -3.93. The van der Waals surface area contributed by atoms with E-state index in [0.29, 0.717) is 53.4 Å². The van der Waals surface area contributed by atoms with Gasteiger partial charge in [0.2, 0.25) is 0 Å². The second-order valence-electron chi connectivity index (χ2n) is 13.9. The first-order chi connectivity index (χ1) is 21.3. The molecule has 0 unspecified atom stereocenters. The molecule has 2 aromatic heterocycles. The van der Waals surface area contributed by atoms with Crippen molar-refractivity contribution in [1.82, 2.24) is 35.4 Å². The minimum Gasteiger partial charge on any atom is -0.447 e. The predicted molar refractivity (Wildman–Crippen MR) is 159 cm³/mol. The van der Waals surface area contributed by atoms with Gasteiger partial charge < -0.3 is 19.7 Å². The fourth-order valence-corrected chi connectivity index (χ4v) is 8.24. The summed E-state index contributed by atoms with van der Waals surface area (Å²) in [6.45, 7) is 8.88. The zero-order valence-corrected chi connectivity index (χ0v) is 25.1. The topological polar surface area (TPSA) is 118 Å². The number of anilines is 1. The van der Waals surface area contributed by atoms with Crippen molar-refractivity contribution in [3.05, 3.63) is 48.6 Å². The van der Waals surface area contributed by atoms with Gasteiger partial charge in [-0.15, -0.1) is 10.2 Å². The van der Waals surface area contributed by atoms with E-state index < -0.39 is 0 Å². The Bertz CT molecular complexity index is 1590. The third kappa shape index (κ3) is 4.83. The molecule has 230 valence electrons. The maximum absolute atomic E-state index is 14.5. The van der Waals surface area contributed by atoms with Gasteiger partial charge in [-0.05, 0) is 62.1 Å². The first-order valence-corrected chi connectivity index (χ1v) is 15.7. The molecule has 3 aliphatic heterocycles. The Labute approximate surface area is 255 Å². The van der Waals surface area contributed by atoms with Crippen LogP contribution in [0.2, 0.25) is 0 Å². The van der Waals surface area contributed by atoms with E-state index in [1.165, 1.54) is 18.5 Å². The molecule has 2 spiro atoms. The van der Waals surface area contributed by atoms with E-state index in [0.717, 1.165) is 69.5 Å². The molecule has 44 heavy (non-hydrogen) atoms. The molecule has 2 aliphatic carbocycles. The Morgan fingerprint density at radius 2 is 1.95 bits per heavy atom. The number of carbonyl (C=O) groups excluding carboxylic acids is 1. The monoisotopic (exact) mass is 600 g/mol. The Kier molecular flexibility index (Phi) is 6.48. The molecule has 5 heterocycles. The number of benzene rings is 1. The quantitative estimate of drug-likeness (QED) is 0.394. The lowest BCUT2D eigenvalue weighted by Crippen LogP contribution is -2.67. The van der Waals surface area contributed by atoms with Gasteiger partial charge >= 0.3 is 6.09 Å². The second-order valence-corrected chi connectivity index (χ2v) is 13.9. The number of hydrogen-bond donors (Lipinski definition) is 1. The van der Waals surface area contributed by atoms with Crippen molar-refractivity contribution in [2.75, 3.05) is 37.7 Å². The number of aromatic nitrogens is 5. The summed E-state index contributed by atoms with van der Waals surface area (Å²) in [6.07, 6.45) is 9.59. The highest BCUT2D eigenvalue weighted by molar-refractivity contribution is 5.73. The van der Waals surface area contributed by atoms with E-state index in [2.05, 4.69) is 54.1 Å². The number of amides is 1. The number of cyclic esters (lactones) is 1. The van der Waals surface area contributed by atoms with Crippen LogP contribution in [0.1, 0.15) is 57.6 Å². The van der Waals surface area contributed by atoms with Crippen LogP contribution >= 0.6 is 0 Å². The number of nitrogens with zero attached hydrogens (tertiary/aromatic N) is 7. The summed E-state index contributed by atoms with van der Waals surface area (Å²) in [7, 11) is 0. The average molecular weight is 601 g/mol. The molecular formula is C32H37FN8O3. The molecule has 1 atom stereocenters. The molecule has 3 aromatic rings. The lowest BCUT2D eigenvalue weighted by molar-refractivity contribution is -0.0810. The van der Waals surface area contributed by atoms with Crippen molar-refractivity contribution in [3.63, 3.8) is 0 Å². The highest BCUT2D eigenvalue weighted by atomic mass is 19.1. The summed E-state index contributed by atoms with van der Waals surface area (Å²) in [5, 5.41) is 11.4. The van der Waals surface area contributed by atoms with Crippen molar-refractivity contribution in [3.8, 4) is 22.8 Å². The lowest BCUT2D eigenvalue weighted by Gasteiger charge is -2.58. The van der Waals surface area contributed by atoms with Crippen LogP contribution in [0.4, 0.5) is 15.0 Å². The fraction of sp³-hybridized carbons (Fsp3) is 0.562. The molecule has 8 rings (SSSR count). The van der Waals surface area contributed by atoms with Crippen LogP contribution in [0.25, 0.3) is 11.1 Å². The molecular weight excluding hydrogens is 563 g/mol. The van der Waals surface area contributed by atoms with Crippen LogP contribution in [0, 0.1) is 23.1 Å². The SMILES string of the molecule is CC(C)[C@H](C1CC2(COC(=O)N2)C1)N1CC2(CCN(c3ncnnc3Oc3ccc(F)cc3-c3cncnc3C3CC3)C2)C1. The maximum atomic E-state index is 14.5. The van der Waals surface area contributed by atoms with E-state index in [1.807, 2.05) is 0 Å². The van der Waals surface area contributed by atoms with E-state index >= 15 is 0 Å². The van der Waals surface area contributed by atoms with Crippen molar-refractivity contribution in [1.29, 1.82) is 0 Å². The van der Waals surface area contributed by atoms with Crippen LogP contribution in [0.5, 0.6) is 11.6 Å². The Balaban J connectivity index is 0.978. The summed E-state index contributed by atoms with van der Waals surface area (Å²) in [5.41, 5.74) is 2.32. The third-order valence-electron chi connectivity index (χ3n) is 10.3. The standard InChI is InChI=1S/C32H37FN8O3/c1-19(2)27(21-10-32(11-21)16-43-30(42)38-32)41-14-31(15-41)7-8-40(13-31)28-29(39-37-18-36-28)44-25-6-5-22(33)9-23(25)24-12-34-17-35-26(24)20-3-4-20/h5-6,9,12,17-21,27H,3-4,7-8,10-11,13-16H2,1-2H3,(H,38,42)/t21?,27-,32?/m1/s1. The number of ether oxygens (including phenoxy) is 2. The first kappa shape index (κ1) is 27.6. The molecule has 0 radical (unpaired) electrons. The molecule has 1 N–H and O–H groups in total.